The van der Waals surface area contributed by atoms with Gasteiger partial charge in [0, 0.05) is 5.38 Å². The van der Waals surface area contributed by atoms with Gasteiger partial charge in [-0.3, -0.25) is 4.79 Å². The van der Waals surface area contributed by atoms with E-state index in [1.165, 1.54) is 12.8 Å². The fraction of sp³-hybridized carbons (Fsp3) is 0.929. The van der Waals surface area contributed by atoms with Crippen LogP contribution in [0.1, 0.15) is 46.5 Å². The van der Waals surface area contributed by atoms with Gasteiger partial charge in [-0.1, -0.05) is 27.2 Å². The topological polar surface area (TPSA) is 26.3 Å². The molecule has 0 aromatic heterocycles. The van der Waals surface area contributed by atoms with Crippen molar-refractivity contribution in [3.8, 4) is 0 Å². The molecule has 2 rings (SSSR count). The molecule has 2 nitrogen and oxygen atoms in total. The van der Waals surface area contributed by atoms with Crippen molar-refractivity contribution in [2.75, 3.05) is 0 Å². The highest BCUT2D eigenvalue weighted by molar-refractivity contribution is 6.24. The molecule has 2 aliphatic carbocycles. The smallest absolute Gasteiger partial charge is 0.310 e. The Balaban J connectivity index is 1.92. The number of ether oxygens (including phenoxy) is 1. The van der Waals surface area contributed by atoms with E-state index in [4.69, 9.17) is 16.3 Å². The summed E-state index contributed by atoms with van der Waals surface area (Å²) in [6, 6.07) is 0. The Kier molecular flexibility index (Phi) is 4.02. The van der Waals surface area contributed by atoms with Gasteiger partial charge in [-0.2, -0.15) is 0 Å². The largest absolute Gasteiger partial charge is 0.462 e. The summed E-state index contributed by atoms with van der Waals surface area (Å²) in [5.41, 5.74) is 0. The highest BCUT2D eigenvalue weighted by Crippen LogP contribution is 2.40. The van der Waals surface area contributed by atoms with E-state index in [2.05, 4.69) is 20.8 Å². The van der Waals surface area contributed by atoms with Crippen LogP contribution < -0.4 is 0 Å². The van der Waals surface area contributed by atoms with Crippen LogP contribution in [0.5, 0.6) is 0 Å². The van der Waals surface area contributed by atoms with Crippen LogP contribution in [0.25, 0.3) is 0 Å². The van der Waals surface area contributed by atoms with Gasteiger partial charge in [-0.25, -0.2) is 0 Å². The Hall–Kier alpha value is -0.240. The molecule has 17 heavy (non-hydrogen) atoms. The number of hydrogen-bond donors (Lipinski definition) is 0. The molecule has 0 amide bonds. The molecule has 0 aromatic rings. The van der Waals surface area contributed by atoms with E-state index in [1.54, 1.807) is 0 Å². The van der Waals surface area contributed by atoms with Gasteiger partial charge in [-0.15, -0.1) is 11.6 Å². The molecule has 2 fully saturated rings. The van der Waals surface area contributed by atoms with Crippen molar-refractivity contribution in [3.63, 3.8) is 0 Å². The summed E-state index contributed by atoms with van der Waals surface area (Å²) in [6.07, 6.45) is 4.39. The van der Waals surface area contributed by atoms with Crippen molar-refractivity contribution < 1.29 is 9.53 Å². The summed E-state index contributed by atoms with van der Waals surface area (Å²) in [5, 5.41) is 0.0287. The van der Waals surface area contributed by atoms with E-state index in [1.807, 2.05) is 0 Å². The Morgan fingerprint density at radius 3 is 2.47 bits per heavy atom. The van der Waals surface area contributed by atoms with Crippen LogP contribution in [0.2, 0.25) is 0 Å². The van der Waals surface area contributed by atoms with E-state index < -0.39 is 0 Å². The second-order valence-corrected chi connectivity index (χ2v) is 6.72. The lowest BCUT2D eigenvalue weighted by Crippen LogP contribution is -2.36. The summed E-state index contributed by atoms with van der Waals surface area (Å²) in [5.74, 6) is 1.71. The zero-order valence-electron chi connectivity index (χ0n) is 11.0. The van der Waals surface area contributed by atoms with Gasteiger partial charge in [0.1, 0.15) is 6.10 Å². The van der Waals surface area contributed by atoms with E-state index in [0.29, 0.717) is 17.8 Å². The molecule has 0 aromatic carbocycles. The van der Waals surface area contributed by atoms with Crippen LogP contribution in [-0.4, -0.2) is 17.5 Å². The minimum atomic E-state index is -0.0604. The molecule has 0 spiro atoms. The third-order valence-electron chi connectivity index (χ3n) is 4.24. The van der Waals surface area contributed by atoms with Gasteiger partial charge < -0.3 is 4.74 Å². The lowest BCUT2D eigenvalue weighted by Gasteiger charge is -2.36. The summed E-state index contributed by atoms with van der Waals surface area (Å²) < 4.78 is 5.71. The zero-order valence-corrected chi connectivity index (χ0v) is 11.7. The first-order valence-electron chi connectivity index (χ1n) is 6.83. The van der Waals surface area contributed by atoms with Gasteiger partial charge in [0.25, 0.3) is 0 Å². The first-order chi connectivity index (χ1) is 7.99. The van der Waals surface area contributed by atoms with Crippen LogP contribution in [0.3, 0.4) is 0 Å². The second kappa shape index (κ2) is 5.17. The highest BCUT2D eigenvalue weighted by Gasteiger charge is 2.45. The predicted octanol–water partition coefficient (Wildman–Crippen LogP) is 3.62. The minimum Gasteiger partial charge on any atom is -0.462 e. The highest BCUT2D eigenvalue weighted by atomic mass is 35.5. The van der Waals surface area contributed by atoms with Crippen molar-refractivity contribution >= 4 is 17.6 Å². The monoisotopic (exact) mass is 258 g/mol. The third-order valence-corrected chi connectivity index (χ3v) is 4.73. The molecule has 2 aliphatic rings. The van der Waals surface area contributed by atoms with Gasteiger partial charge >= 0.3 is 5.97 Å². The second-order valence-electron chi connectivity index (χ2n) is 6.16. The number of hydrogen-bond acceptors (Lipinski definition) is 2. The Labute approximate surface area is 109 Å². The third kappa shape index (κ3) is 3.15. The number of carbonyl (C=O) groups excluding carboxylic acids is 1. The van der Waals surface area contributed by atoms with Gasteiger partial charge in [-0.05, 0) is 37.0 Å². The maximum atomic E-state index is 11.9. The Bertz CT molecular complexity index is 290. The molecule has 5 atom stereocenters. The molecule has 0 radical (unpaired) electrons. The van der Waals surface area contributed by atoms with Crippen molar-refractivity contribution in [1.29, 1.82) is 0 Å². The van der Waals surface area contributed by atoms with E-state index in [-0.39, 0.29) is 23.4 Å². The van der Waals surface area contributed by atoms with Crippen molar-refractivity contribution in [2.45, 2.75) is 57.9 Å². The lowest BCUT2D eigenvalue weighted by molar-refractivity contribution is -0.157. The molecule has 0 N–H and O–H groups in total. The van der Waals surface area contributed by atoms with Crippen LogP contribution in [0.4, 0.5) is 0 Å². The number of rotatable bonds is 3. The average molecular weight is 259 g/mol. The summed E-state index contributed by atoms with van der Waals surface area (Å²) in [6.45, 7) is 6.70. The molecule has 0 unspecified atom stereocenters. The number of halogens is 1. The lowest BCUT2D eigenvalue weighted by atomic mass is 9.75. The normalized spacial score (nSPS) is 41.4. The average Bonchev–Trinajstić information content (AvgIpc) is 2.95. The molecule has 0 bridgehead atoms. The fourth-order valence-corrected chi connectivity index (χ4v) is 3.19. The first-order valence-corrected chi connectivity index (χ1v) is 7.27. The molecular formula is C14H23ClO2. The van der Waals surface area contributed by atoms with Crippen LogP contribution in [0, 0.1) is 23.7 Å². The standard InChI is InChI=1S/C14H23ClO2/c1-8(2)10-5-4-9(3)6-13(10)17-14(16)11-7-12(11)15/h8-13H,4-7H2,1-3H3/t9-,10+,11+,12-,13-/m1/s1. The van der Waals surface area contributed by atoms with Crippen LogP contribution in [0.15, 0.2) is 0 Å². The van der Waals surface area contributed by atoms with Crippen molar-refractivity contribution in [3.05, 3.63) is 0 Å². The molecule has 2 saturated carbocycles. The molecular weight excluding hydrogens is 236 g/mol. The number of carbonyl (C=O) groups is 1. The molecule has 3 heteroatoms. The van der Waals surface area contributed by atoms with Gasteiger partial charge in [0.05, 0.1) is 5.92 Å². The maximum absolute atomic E-state index is 11.9. The fourth-order valence-electron chi connectivity index (χ4n) is 2.89. The van der Waals surface area contributed by atoms with Crippen LogP contribution in [-0.2, 0) is 9.53 Å². The van der Waals surface area contributed by atoms with E-state index in [9.17, 15) is 4.79 Å². The summed E-state index contributed by atoms with van der Waals surface area (Å²) in [7, 11) is 0. The predicted molar refractivity (Wildman–Crippen MR) is 69.0 cm³/mol. The molecule has 0 heterocycles. The summed E-state index contributed by atoms with van der Waals surface area (Å²) >= 11 is 5.89. The molecule has 0 saturated heterocycles. The molecule has 0 aliphatic heterocycles. The van der Waals surface area contributed by atoms with Crippen LogP contribution >= 0.6 is 11.6 Å². The maximum Gasteiger partial charge on any atom is 0.310 e. The zero-order chi connectivity index (χ0) is 12.6. The Morgan fingerprint density at radius 2 is 1.94 bits per heavy atom. The number of esters is 1. The van der Waals surface area contributed by atoms with Crippen molar-refractivity contribution in [1.82, 2.24) is 0 Å². The summed E-state index contributed by atoms with van der Waals surface area (Å²) in [4.78, 5) is 11.9. The quantitative estimate of drug-likeness (QED) is 0.571. The SMILES string of the molecule is CC(C)[C@@H]1CC[C@@H](C)C[C@H]1OC(=O)[C@H]1C[C@H]1Cl. The van der Waals surface area contributed by atoms with Gasteiger partial charge in [0.2, 0.25) is 0 Å². The Morgan fingerprint density at radius 1 is 1.29 bits per heavy atom. The first kappa shape index (κ1) is 13.2. The van der Waals surface area contributed by atoms with Crippen molar-refractivity contribution in [2.24, 2.45) is 23.7 Å². The number of alkyl halides is 1. The van der Waals surface area contributed by atoms with E-state index >= 15 is 0 Å². The minimum absolute atomic E-state index is 0.0262. The van der Waals surface area contributed by atoms with E-state index in [0.717, 1.165) is 12.8 Å². The molecule has 98 valence electrons. The van der Waals surface area contributed by atoms with Gasteiger partial charge in [0.15, 0.2) is 0 Å².